The minimum absolute atomic E-state index is 0.223. The summed E-state index contributed by atoms with van der Waals surface area (Å²) in [4.78, 5) is 16.1. The topological polar surface area (TPSA) is 138 Å². The Morgan fingerprint density at radius 1 is 1.41 bits per heavy atom. The van der Waals surface area contributed by atoms with E-state index in [0.29, 0.717) is 11.2 Å². The zero-order valence-corrected chi connectivity index (χ0v) is 15.6. The van der Waals surface area contributed by atoms with Crippen LogP contribution in [0.25, 0.3) is 5.52 Å². The van der Waals surface area contributed by atoms with Crippen molar-refractivity contribution in [2.75, 3.05) is 11.9 Å². The minimum atomic E-state index is -1.31. The van der Waals surface area contributed by atoms with Crippen molar-refractivity contribution < 1.29 is 29.6 Å². The largest absolute Gasteiger partial charge is 0.444 e. The number of rotatable bonds is 3. The Bertz CT molecular complexity index is 848. The Labute approximate surface area is 155 Å². The molecule has 1 fully saturated rings. The first kappa shape index (κ1) is 19.5. The summed E-state index contributed by atoms with van der Waals surface area (Å²) in [6.07, 6.45) is -2.85. The van der Waals surface area contributed by atoms with Gasteiger partial charge in [0.25, 0.3) is 0 Å². The highest BCUT2D eigenvalue weighted by Gasteiger charge is 2.53. The van der Waals surface area contributed by atoms with Gasteiger partial charge in [-0.3, -0.25) is 5.32 Å². The first-order chi connectivity index (χ1) is 12.6. The van der Waals surface area contributed by atoms with Crippen LogP contribution in [-0.2, 0) is 15.1 Å². The van der Waals surface area contributed by atoms with Crippen LogP contribution in [-0.4, -0.2) is 66.5 Å². The van der Waals surface area contributed by atoms with Crippen LogP contribution in [0.5, 0.6) is 0 Å². The van der Waals surface area contributed by atoms with Gasteiger partial charge in [-0.15, -0.1) is 0 Å². The van der Waals surface area contributed by atoms with Gasteiger partial charge in [0.05, 0.1) is 12.3 Å². The zero-order valence-electron chi connectivity index (χ0n) is 15.6. The van der Waals surface area contributed by atoms with Crippen molar-refractivity contribution in [1.29, 1.82) is 0 Å². The van der Waals surface area contributed by atoms with Crippen molar-refractivity contribution in [3.8, 4) is 0 Å². The molecule has 1 saturated heterocycles. The van der Waals surface area contributed by atoms with Crippen molar-refractivity contribution in [2.45, 2.75) is 57.2 Å². The van der Waals surface area contributed by atoms with E-state index in [1.165, 1.54) is 10.8 Å². The molecule has 2 aromatic heterocycles. The van der Waals surface area contributed by atoms with Gasteiger partial charge in [0.2, 0.25) is 0 Å². The molecule has 0 aliphatic carbocycles. The van der Waals surface area contributed by atoms with E-state index in [4.69, 9.17) is 9.47 Å². The minimum Gasteiger partial charge on any atom is -0.444 e. The standard InChI is InChI=1S/C17H24N4O6/c1-16(2,3)27-15(25)20-14-9-5-6-11(21(9)19-8-18-14)17(4)13(24)12(23)10(7-22)26-17/h5-6,8,10,12-13,22-24H,7H2,1-4H3,(H,18,19,20,25)/t10-,12-,13-,17+/m1/s1. The predicted molar refractivity (Wildman–Crippen MR) is 94.2 cm³/mol. The summed E-state index contributed by atoms with van der Waals surface area (Å²) in [5, 5.41) is 36.6. The molecule has 4 N–H and O–H groups in total. The van der Waals surface area contributed by atoms with Crippen LogP contribution in [0, 0.1) is 0 Å². The first-order valence-corrected chi connectivity index (χ1v) is 8.55. The van der Waals surface area contributed by atoms with Gasteiger partial charge in [0.15, 0.2) is 5.82 Å². The van der Waals surface area contributed by atoms with Crippen LogP contribution in [0.15, 0.2) is 18.5 Å². The summed E-state index contributed by atoms with van der Waals surface area (Å²) in [6, 6.07) is 3.31. The molecule has 10 heteroatoms. The fraction of sp³-hybridized carbons (Fsp3) is 0.588. The number of anilines is 1. The molecule has 1 aliphatic heterocycles. The van der Waals surface area contributed by atoms with Gasteiger partial charge >= 0.3 is 6.09 Å². The number of aromatic nitrogens is 3. The first-order valence-electron chi connectivity index (χ1n) is 8.55. The molecule has 27 heavy (non-hydrogen) atoms. The van der Waals surface area contributed by atoms with Gasteiger partial charge in [0, 0.05) is 0 Å². The van der Waals surface area contributed by atoms with E-state index in [0.717, 1.165) is 0 Å². The van der Waals surface area contributed by atoms with E-state index in [1.807, 2.05) is 0 Å². The van der Waals surface area contributed by atoms with E-state index >= 15 is 0 Å². The molecule has 0 spiro atoms. The monoisotopic (exact) mass is 380 g/mol. The van der Waals surface area contributed by atoms with Crippen molar-refractivity contribution in [3.05, 3.63) is 24.2 Å². The van der Waals surface area contributed by atoms with Gasteiger partial charge < -0.3 is 24.8 Å². The lowest BCUT2D eigenvalue weighted by molar-refractivity contribution is -0.0890. The Balaban J connectivity index is 1.96. The van der Waals surface area contributed by atoms with Gasteiger partial charge in [-0.25, -0.2) is 14.3 Å². The maximum Gasteiger partial charge on any atom is 0.413 e. The molecule has 3 rings (SSSR count). The second-order valence-electron chi connectivity index (χ2n) is 7.63. The van der Waals surface area contributed by atoms with Crippen molar-refractivity contribution in [2.24, 2.45) is 0 Å². The highest BCUT2D eigenvalue weighted by atomic mass is 16.6. The molecule has 148 valence electrons. The number of hydrogen-bond donors (Lipinski definition) is 4. The van der Waals surface area contributed by atoms with E-state index in [2.05, 4.69) is 15.4 Å². The second kappa shape index (κ2) is 6.71. The second-order valence-corrected chi connectivity index (χ2v) is 7.63. The molecule has 0 bridgehead atoms. The van der Waals surface area contributed by atoms with E-state index in [9.17, 15) is 20.1 Å². The maximum atomic E-state index is 12.0. The number of nitrogens with zero attached hydrogens (tertiary/aromatic N) is 3. The summed E-state index contributed by atoms with van der Waals surface area (Å²) < 4.78 is 12.4. The quantitative estimate of drug-likeness (QED) is 0.600. The molecule has 4 atom stereocenters. The van der Waals surface area contributed by atoms with Gasteiger partial charge in [-0.1, -0.05) is 0 Å². The number of carbonyl (C=O) groups excluding carboxylic acids is 1. The molecule has 3 heterocycles. The van der Waals surface area contributed by atoms with E-state index in [1.54, 1.807) is 39.8 Å². The zero-order chi connectivity index (χ0) is 20.0. The number of hydrogen-bond acceptors (Lipinski definition) is 8. The SMILES string of the molecule is CC(C)(C)OC(=O)Nc1ncnn2c([C@]3(C)O[C@H](CO)[C@@H](O)[C@H]3O)ccc12. The third-order valence-electron chi connectivity index (χ3n) is 4.42. The summed E-state index contributed by atoms with van der Waals surface area (Å²) in [6.45, 7) is 6.42. The van der Waals surface area contributed by atoms with Gasteiger partial charge in [0.1, 0.15) is 41.4 Å². The number of nitrogens with one attached hydrogen (secondary N) is 1. The Kier molecular flexibility index (Phi) is 4.85. The lowest BCUT2D eigenvalue weighted by Gasteiger charge is -2.27. The smallest absolute Gasteiger partial charge is 0.413 e. The molecule has 0 aromatic carbocycles. The number of amides is 1. The summed E-state index contributed by atoms with van der Waals surface area (Å²) in [5.74, 6) is 0.223. The van der Waals surface area contributed by atoms with Crippen LogP contribution in [0.4, 0.5) is 10.6 Å². The molecule has 0 radical (unpaired) electrons. The van der Waals surface area contributed by atoms with Crippen LogP contribution in [0.3, 0.4) is 0 Å². The predicted octanol–water partition coefficient (Wildman–Crippen LogP) is 0.404. The van der Waals surface area contributed by atoms with Crippen LogP contribution >= 0.6 is 0 Å². The highest BCUT2D eigenvalue weighted by Crippen LogP contribution is 2.40. The third kappa shape index (κ3) is 3.48. The average Bonchev–Trinajstić information content (AvgIpc) is 3.10. The molecule has 0 unspecified atom stereocenters. The number of aliphatic hydroxyl groups excluding tert-OH is 3. The van der Waals surface area contributed by atoms with Gasteiger partial charge in [-0.05, 0) is 39.8 Å². The summed E-state index contributed by atoms with van der Waals surface area (Å²) in [5.41, 5.74) is -1.07. The molecular formula is C17H24N4O6. The van der Waals surface area contributed by atoms with Gasteiger partial charge in [-0.2, -0.15) is 5.10 Å². The molecule has 10 nitrogen and oxygen atoms in total. The Morgan fingerprint density at radius 2 is 2.11 bits per heavy atom. The fourth-order valence-corrected chi connectivity index (χ4v) is 3.15. The number of aliphatic hydroxyl groups is 3. The average molecular weight is 380 g/mol. The normalized spacial score (nSPS) is 28.5. The molecule has 1 aliphatic rings. The van der Waals surface area contributed by atoms with Crippen LogP contribution in [0.1, 0.15) is 33.4 Å². The third-order valence-corrected chi connectivity index (χ3v) is 4.42. The van der Waals surface area contributed by atoms with E-state index in [-0.39, 0.29) is 5.82 Å². The molecular weight excluding hydrogens is 356 g/mol. The summed E-state index contributed by atoms with van der Waals surface area (Å²) in [7, 11) is 0. The Hall–Kier alpha value is -2.27. The molecule has 0 saturated carbocycles. The lowest BCUT2D eigenvalue weighted by atomic mass is 9.93. The van der Waals surface area contributed by atoms with Crippen molar-refractivity contribution in [3.63, 3.8) is 0 Å². The molecule has 1 amide bonds. The van der Waals surface area contributed by atoms with Crippen LogP contribution in [0.2, 0.25) is 0 Å². The molecule has 2 aromatic rings. The Morgan fingerprint density at radius 3 is 2.70 bits per heavy atom. The van der Waals surface area contributed by atoms with E-state index < -0.39 is 42.2 Å². The fourth-order valence-electron chi connectivity index (χ4n) is 3.15. The summed E-state index contributed by atoms with van der Waals surface area (Å²) >= 11 is 0. The van der Waals surface area contributed by atoms with Crippen LogP contribution < -0.4 is 5.32 Å². The number of ether oxygens (including phenoxy) is 2. The number of carbonyl (C=O) groups is 1. The van der Waals surface area contributed by atoms with Crippen molar-refractivity contribution >= 4 is 17.4 Å². The lowest BCUT2D eigenvalue weighted by Crippen LogP contribution is -2.39. The maximum absolute atomic E-state index is 12.0. The van der Waals surface area contributed by atoms with Crippen molar-refractivity contribution in [1.82, 2.24) is 14.6 Å². The highest BCUT2D eigenvalue weighted by molar-refractivity contribution is 5.88. The number of fused-ring (bicyclic) bond motifs is 1.